The lowest BCUT2D eigenvalue weighted by Crippen LogP contribution is -2.17. The number of amides is 1. The van der Waals surface area contributed by atoms with Gasteiger partial charge in [-0.05, 0) is 31.0 Å². The molecule has 1 aromatic carbocycles. The van der Waals surface area contributed by atoms with Crippen molar-refractivity contribution >= 4 is 11.6 Å². The number of nitrogens with zero attached hydrogens (tertiary/aromatic N) is 2. The Bertz CT molecular complexity index is 551. The van der Waals surface area contributed by atoms with Crippen LogP contribution in [0, 0.1) is 5.92 Å². The van der Waals surface area contributed by atoms with Gasteiger partial charge in [0.05, 0.1) is 17.7 Å². The van der Waals surface area contributed by atoms with E-state index in [1.807, 2.05) is 42.0 Å². The van der Waals surface area contributed by atoms with E-state index in [9.17, 15) is 4.79 Å². The zero-order valence-corrected chi connectivity index (χ0v) is 11.6. The second kappa shape index (κ2) is 6.86. The summed E-state index contributed by atoms with van der Waals surface area (Å²) < 4.78 is 1.87. The molecule has 5 heteroatoms. The highest BCUT2D eigenvalue weighted by molar-refractivity contribution is 5.92. The van der Waals surface area contributed by atoms with Crippen LogP contribution in [0.1, 0.15) is 19.8 Å². The van der Waals surface area contributed by atoms with Gasteiger partial charge in [0.15, 0.2) is 0 Å². The average Bonchev–Trinajstić information content (AvgIpc) is 2.99. The van der Waals surface area contributed by atoms with Crippen molar-refractivity contribution in [3.8, 4) is 5.69 Å². The first-order chi connectivity index (χ1) is 9.70. The van der Waals surface area contributed by atoms with Crippen LogP contribution in [0.5, 0.6) is 0 Å². The van der Waals surface area contributed by atoms with Crippen LogP contribution in [0.2, 0.25) is 0 Å². The second-order valence-corrected chi connectivity index (χ2v) is 4.91. The van der Waals surface area contributed by atoms with Gasteiger partial charge in [0.2, 0.25) is 5.91 Å². The predicted molar refractivity (Wildman–Crippen MR) is 79.6 cm³/mol. The maximum absolute atomic E-state index is 12.0. The number of hydrogen-bond donors (Lipinski definition) is 2. The average molecular weight is 272 g/mol. The molecule has 0 fully saturated rings. The molecule has 1 amide bonds. The van der Waals surface area contributed by atoms with Crippen LogP contribution in [0.4, 0.5) is 5.69 Å². The molecule has 106 valence electrons. The molecule has 0 aliphatic carbocycles. The molecule has 1 atom stereocenters. The van der Waals surface area contributed by atoms with Gasteiger partial charge in [-0.3, -0.25) is 4.79 Å². The van der Waals surface area contributed by atoms with Crippen LogP contribution >= 0.6 is 0 Å². The standard InChI is InChI=1S/C15H20N4O/c1-12(10-16)6-7-15(20)18-13-4-2-3-5-14(13)19-9-8-17-11-19/h2-5,8-9,11-12H,6-7,10,16H2,1H3,(H,18,20). The molecule has 3 N–H and O–H groups in total. The molecular weight excluding hydrogens is 252 g/mol. The van der Waals surface area contributed by atoms with Crippen molar-refractivity contribution in [2.24, 2.45) is 11.7 Å². The SMILES string of the molecule is CC(CN)CCC(=O)Nc1ccccc1-n1ccnc1. The maximum Gasteiger partial charge on any atom is 0.224 e. The molecule has 0 bridgehead atoms. The first kappa shape index (κ1) is 14.3. The summed E-state index contributed by atoms with van der Waals surface area (Å²) in [5.41, 5.74) is 7.25. The van der Waals surface area contributed by atoms with Crippen LogP contribution in [0.3, 0.4) is 0 Å². The van der Waals surface area contributed by atoms with Gasteiger partial charge < -0.3 is 15.6 Å². The zero-order chi connectivity index (χ0) is 14.4. The van der Waals surface area contributed by atoms with E-state index >= 15 is 0 Å². The number of aromatic nitrogens is 2. The van der Waals surface area contributed by atoms with E-state index in [1.165, 1.54) is 0 Å². The third-order valence-electron chi connectivity index (χ3n) is 3.23. The van der Waals surface area contributed by atoms with E-state index in [4.69, 9.17) is 5.73 Å². The monoisotopic (exact) mass is 272 g/mol. The first-order valence-corrected chi connectivity index (χ1v) is 6.78. The Morgan fingerprint density at radius 2 is 2.25 bits per heavy atom. The highest BCUT2D eigenvalue weighted by Gasteiger charge is 2.09. The molecule has 0 saturated carbocycles. The van der Waals surface area contributed by atoms with Gasteiger partial charge in [-0.15, -0.1) is 0 Å². The maximum atomic E-state index is 12.0. The van der Waals surface area contributed by atoms with E-state index in [2.05, 4.69) is 10.3 Å². The molecule has 2 aromatic rings. The fourth-order valence-corrected chi connectivity index (χ4v) is 1.91. The molecule has 1 aromatic heterocycles. The molecule has 5 nitrogen and oxygen atoms in total. The summed E-state index contributed by atoms with van der Waals surface area (Å²) in [5, 5.41) is 2.95. The summed E-state index contributed by atoms with van der Waals surface area (Å²) >= 11 is 0. The molecule has 20 heavy (non-hydrogen) atoms. The molecule has 1 heterocycles. The van der Waals surface area contributed by atoms with E-state index in [1.54, 1.807) is 12.5 Å². The molecule has 0 spiro atoms. The molecule has 0 aliphatic rings. The van der Waals surface area contributed by atoms with Crippen molar-refractivity contribution < 1.29 is 4.79 Å². The van der Waals surface area contributed by atoms with Crippen molar-refractivity contribution in [2.75, 3.05) is 11.9 Å². The fourth-order valence-electron chi connectivity index (χ4n) is 1.91. The van der Waals surface area contributed by atoms with Crippen molar-refractivity contribution in [3.63, 3.8) is 0 Å². The van der Waals surface area contributed by atoms with Crippen LogP contribution in [0.25, 0.3) is 5.69 Å². The smallest absolute Gasteiger partial charge is 0.224 e. The number of para-hydroxylation sites is 2. The van der Waals surface area contributed by atoms with Crippen LogP contribution < -0.4 is 11.1 Å². The lowest BCUT2D eigenvalue weighted by molar-refractivity contribution is -0.116. The molecule has 2 rings (SSSR count). The third kappa shape index (κ3) is 3.68. The summed E-state index contributed by atoms with van der Waals surface area (Å²) in [4.78, 5) is 16.0. The summed E-state index contributed by atoms with van der Waals surface area (Å²) in [7, 11) is 0. The highest BCUT2D eigenvalue weighted by Crippen LogP contribution is 2.20. The Kier molecular flexibility index (Phi) is 4.90. The number of hydrogen-bond acceptors (Lipinski definition) is 3. The number of imidazole rings is 1. The summed E-state index contributed by atoms with van der Waals surface area (Å²) in [6, 6.07) is 7.67. The van der Waals surface area contributed by atoms with Gasteiger partial charge >= 0.3 is 0 Å². The second-order valence-electron chi connectivity index (χ2n) is 4.91. The van der Waals surface area contributed by atoms with Gasteiger partial charge in [0, 0.05) is 18.8 Å². The third-order valence-corrected chi connectivity index (χ3v) is 3.23. The van der Waals surface area contributed by atoms with E-state index in [0.717, 1.165) is 17.8 Å². The molecule has 1 unspecified atom stereocenters. The Labute approximate surface area is 118 Å². The van der Waals surface area contributed by atoms with Gasteiger partial charge in [0.25, 0.3) is 0 Å². The van der Waals surface area contributed by atoms with Crippen LogP contribution in [-0.2, 0) is 4.79 Å². The minimum atomic E-state index is 0.0119. The van der Waals surface area contributed by atoms with Gasteiger partial charge in [-0.25, -0.2) is 4.98 Å². The topological polar surface area (TPSA) is 72.9 Å². The van der Waals surface area contributed by atoms with Crippen LogP contribution in [0.15, 0.2) is 43.0 Å². The van der Waals surface area contributed by atoms with Crippen molar-refractivity contribution in [1.29, 1.82) is 0 Å². The molecule has 0 aliphatic heterocycles. The number of benzene rings is 1. The van der Waals surface area contributed by atoms with Gasteiger partial charge in [0.1, 0.15) is 0 Å². The highest BCUT2D eigenvalue weighted by atomic mass is 16.1. The van der Waals surface area contributed by atoms with Crippen molar-refractivity contribution in [3.05, 3.63) is 43.0 Å². The summed E-state index contributed by atoms with van der Waals surface area (Å²) in [5.74, 6) is 0.377. The molecular formula is C15H20N4O. The minimum absolute atomic E-state index is 0.0119. The van der Waals surface area contributed by atoms with E-state index < -0.39 is 0 Å². The Balaban J connectivity index is 2.04. The predicted octanol–water partition coefficient (Wildman–Crippen LogP) is 2.19. The molecule has 0 radical (unpaired) electrons. The van der Waals surface area contributed by atoms with Crippen LogP contribution in [-0.4, -0.2) is 22.0 Å². The zero-order valence-electron chi connectivity index (χ0n) is 11.6. The van der Waals surface area contributed by atoms with E-state index in [0.29, 0.717) is 18.9 Å². The lowest BCUT2D eigenvalue weighted by Gasteiger charge is -2.12. The number of nitrogens with one attached hydrogen (secondary N) is 1. The number of anilines is 1. The number of carbonyl (C=O) groups is 1. The molecule has 0 saturated heterocycles. The minimum Gasteiger partial charge on any atom is -0.330 e. The summed E-state index contributed by atoms with van der Waals surface area (Å²) in [6.07, 6.45) is 6.55. The lowest BCUT2D eigenvalue weighted by atomic mass is 10.1. The normalized spacial score (nSPS) is 12.1. The first-order valence-electron chi connectivity index (χ1n) is 6.78. The van der Waals surface area contributed by atoms with Crippen molar-refractivity contribution in [1.82, 2.24) is 9.55 Å². The van der Waals surface area contributed by atoms with Crippen molar-refractivity contribution in [2.45, 2.75) is 19.8 Å². The van der Waals surface area contributed by atoms with Gasteiger partial charge in [-0.1, -0.05) is 19.1 Å². The largest absolute Gasteiger partial charge is 0.330 e. The van der Waals surface area contributed by atoms with Gasteiger partial charge in [-0.2, -0.15) is 0 Å². The fraction of sp³-hybridized carbons (Fsp3) is 0.333. The Hall–Kier alpha value is -2.14. The Morgan fingerprint density at radius 1 is 1.45 bits per heavy atom. The summed E-state index contributed by atoms with van der Waals surface area (Å²) in [6.45, 7) is 2.66. The number of nitrogens with two attached hydrogens (primary N) is 1. The number of rotatable bonds is 6. The number of carbonyl (C=O) groups excluding carboxylic acids is 1. The quantitative estimate of drug-likeness (QED) is 0.846. The Morgan fingerprint density at radius 3 is 2.95 bits per heavy atom. The van der Waals surface area contributed by atoms with E-state index in [-0.39, 0.29) is 5.91 Å².